The van der Waals surface area contributed by atoms with Gasteiger partial charge in [0.05, 0.1) is 17.5 Å². The van der Waals surface area contributed by atoms with E-state index in [0.717, 1.165) is 24.6 Å². The first-order chi connectivity index (χ1) is 14.7. The molecule has 1 aliphatic heterocycles. The first-order valence-electron chi connectivity index (χ1n) is 10.9. The predicted molar refractivity (Wildman–Crippen MR) is 127 cm³/mol. The number of piperidine rings is 1. The first kappa shape index (κ1) is 23.1. The molecule has 1 N–H and O–H groups in total. The summed E-state index contributed by atoms with van der Waals surface area (Å²) >= 11 is 0. The Labute approximate surface area is 186 Å². The topological polar surface area (TPSA) is 69.7 Å². The van der Waals surface area contributed by atoms with E-state index in [9.17, 15) is 13.2 Å². The van der Waals surface area contributed by atoms with E-state index in [1.807, 2.05) is 6.92 Å². The molecule has 0 saturated carbocycles. The van der Waals surface area contributed by atoms with Crippen LogP contribution in [0.25, 0.3) is 0 Å². The van der Waals surface area contributed by atoms with Gasteiger partial charge in [0.25, 0.3) is 5.91 Å². The highest BCUT2D eigenvalue weighted by atomic mass is 32.2. The summed E-state index contributed by atoms with van der Waals surface area (Å²) in [6.45, 7) is 8.07. The minimum Gasteiger partial charge on any atom is -0.372 e. The normalized spacial score (nSPS) is 16.1. The summed E-state index contributed by atoms with van der Waals surface area (Å²) in [6.07, 6.45) is 2.46. The van der Waals surface area contributed by atoms with Gasteiger partial charge in [-0.2, -0.15) is 0 Å². The maximum Gasteiger partial charge on any atom is 0.251 e. The maximum absolute atomic E-state index is 12.7. The van der Waals surface area contributed by atoms with Crippen LogP contribution < -0.4 is 14.5 Å². The van der Waals surface area contributed by atoms with Crippen molar-refractivity contribution in [1.82, 2.24) is 5.32 Å². The van der Waals surface area contributed by atoms with Gasteiger partial charge in [-0.15, -0.1) is 0 Å². The van der Waals surface area contributed by atoms with E-state index >= 15 is 0 Å². The van der Waals surface area contributed by atoms with E-state index in [1.165, 1.54) is 29.9 Å². The second-order valence-electron chi connectivity index (χ2n) is 8.37. The van der Waals surface area contributed by atoms with E-state index in [2.05, 4.69) is 41.4 Å². The third kappa shape index (κ3) is 5.58. The number of hydrogen-bond donors (Lipinski definition) is 1. The van der Waals surface area contributed by atoms with Crippen LogP contribution in [0, 0.1) is 5.92 Å². The van der Waals surface area contributed by atoms with Crippen LogP contribution in [0.15, 0.2) is 48.5 Å². The zero-order valence-corrected chi connectivity index (χ0v) is 19.7. The van der Waals surface area contributed by atoms with Crippen LogP contribution in [-0.4, -0.2) is 40.2 Å². The fourth-order valence-electron chi connectivity index (χ4n) is 3.78. The summed E-state index contributed by atoms with van der Waals surface area (Å²) in [5.74, 6) is 0.643. The van der Waals surface area contributed by atoms with Crippen molar-refractivity contribution >= 4 is 27.3 Å². The number of amides is 1. The molecule has 1 heterocycles. The van der Waals surface area contributed by atoms with Crippen molar-refractivity contribution in [3.63, 3.8) is 0 Å². The number of hydrogen-bond acceptors (Lipinski definition) is 4. The number of rotatable bonds is 7. The quantitative estimate of drug-likeness (QED) is 0.696. The van der Waals surface area contributed by atoms with E-state index < -0.39 is 10.0 Å². The van der Waals surface area contributed by atoms with Crippen LogP contribution >= 0.6 is 0 Å². The summed E-state index contributed by atoms with van der Waals surface area (Å²) in [5.41, 5.74) is 3.31. The van der Waals surface area contributed by atoms with Crippen LogP contribution in [0.1, 0.15) is 55.6 Å². The number of carbonyl (C=O) groups is 1. The first-order valence-corrected chi connectivity index (χ1v) is 12.5. The Morgan fingerprint density at radius 3 is 2.23 bits per heavy atom. The van der Waals surface area contributed by atoms with Crippen molar-refractivity contribution in [3.8, 4) is 0 Å². The number of nitrogens with zero attached hydrogens (tertiary/aromatic N) is 2. The van der Waals surface area contributed by atoms with Crippen molar-refractivity contribution in [2.24, 2.45) is 5.92 Å². The van der Waals surface area contributed by atoms with Gasteiger partial charge in [-0.3, -0.25) is 9.10 Å². The smallest absolute Gasteiger partial charge is 0.251 e. The SMILES string of the molecule is CCS(=O)(=O)N(C)c1ccc(C(=O)NC(C)c2ccc(N3CCC(C)CC3)cc2)cc1. The second kappa shape index (κ2) is 9.73. The lowest BCUT2D eigenvalue weighted by Crippen LogP contribution is -2.32. The minimum absolute atomic E-state index is 0.0267. The Hall–Kier alpha value is -2.54. The van der Waals surface area contributed by atoms with Gasteiger partial charge in [-0.25, -0.2) is 8.42 Å². The Morgan fingerprint density at radius 2 is 1.68 bits per heavy atom. The van der Waals surface area contributed by atoms with E-state index in [0.29, 0.717) is 11.3 Å². The Morgan fingerprint density at radius 1 is 1.10 bits per heavy atom. The predicted octanol–water partition coefficient (Wildman–Crippen LogP) is 4.20. The molecule has 1 amide bonds. The van der Waals surface area contributed by atoms with Gasteiger partial charge in [-0.05, 0) is 74.6 Å². The monoisotopic (exact) mass is 443 g/mol. The van der Waals surface area contributed by atoms with E-state index in [4.69, 9.17) is 0 Å². The minimum atomic E-state index is -3.32. The Bertz CT molecular complexity index is 980. The highest BCUT2D eigenvalue weighted by Crippen LogP contribution is 2.25. The average Bonchev–Trinajstić information content (AvgIpc) is 2.79. The number of benzene rings is 2. The molecule has 1 saturated heterocycles. The van der Waals surface area contributed by atoms with Gasteiger partial charge in [0, 0.05) is 31.4 Å². The lowest BCUT2D eigenvalue weighted by Gasteiger charge is -2.32. The molecule has 1 aliphatic rings. The van der Waals surface area contributed by atoms with Gasteiger partial charge in [0.2, 0.25) is 10.0 Å². The van der Waals surface area contributed by atoms with Crippen molar-refractivity contribution in [2.45, 2.75) is 39.7 Å². The van der Waals surface area contributed by atoms with Crippen LogP contribution in [0.5, 0.6) is 0 Å². The molecule has 0 spiro atoms. The van der Waals surface area contributed by atoms with Gasteiger partial charge in [0.1, 0.15) is 0 Å². The van der Waals surface area contributed by atoms with Crippen molar-refractivity contribution in [3.05, 3.63) is 59.7 Å². The molecule has 1 unspecified atom stereocenters. The zero-order chi connectivity index (χ0) is 22.6. The largest absolute Gasteiger partial charge is 0.372 e. The maximum atomic E-state index is 12.7. The summed E-state index contributed by atoms with van der Waals surface area (Å²) in [6, 6.07) is 14.9. The molecule has 2 aromatic carbocycles. The molecule has 1 fully saturated rings. The third-order valence-electron chi connectivity index (χ3n) is 6.16. The molecule has 2 aromatic rings. The molecule has 168 valence electrons. The molecule has 0 bridgehead atoms. The van der Waals surface area contributed by atoms with Gasteiger partial charge in [0.15, 0.2) is 0 Å². The second-order valence-corrected chi connectivity index (χ2v) is 10.7. The summed E-state index contributed by atoms with van der Waals surface area (Å²) in [7, 11) is -1.81. The highest BCUT2D eigenvalue weighted by Gasteiger charge is 2.18. The highest BCUT2D eigenvalue weighted by molar-refractivity contribution is 7.92. The molecular formula is C24H33N3O3S. The van der Waals surface area contributed by atoms with Gasteiger partial charge < -0.3 is 10.2 Å². The molecule has 6 nitrogen and oxygen atoms in total. The zero-order valence-electron chi connectivity index (χ0n) is 18.8. The Kier molecular flexibility index (Phi) is 7.26. The summed E-state index contributed by atoms with van der Waals surface area (Å²) < 4.78 is 25.2. The van der Waals surface area contributed by atoms with Crippen LogP contribution in [0.3, 0.4) is 0 Å². The summed E-state index contributed by atoms with van der Waals surface area (Å²) in [4.78, 5) is 15.1. The average molecular weight is 444 g/mol. The number of nitrogens with one attached hydrogen (secondary N) is 1. The molecule has 1 atom stereocenters. The van der Waals surface area contributed by atoms with Gasteiger partial charge >= 0.3 is 0 Å². The Balaban J connectivity index is 1.61. The molecule has 0 aliphatic carbocycles. The number of carbonyl (C=O) groups excluding carboxylic acids is 1. The van der Waals surface area contributed by atoms with Crippen molar-refractivity contribution < 1.29 is 13.2 Å². The number of anilines is 2. The van der Waals surface area contributed by atoms with Crippen molar-refractivity contribution in [2.75, 3.05) is 35.1 Å². The van der Waals surface area contributed by atoms with Crippen LogP contribution in [0.4, 0.5) is 11.4 Å². The molecule has 0 radical (unpaired) electrons. The third-order valence-corrected chi connectivity index (χ3v) is 7.94. The molecule has 3 rings (SSSR count). The van der Waals surface area contributed by atoms with Crippen LogP contribution in [0.2, 0.25) is 0 Å². The standard InChI is InChI=1S/C24H33N3O3S/c1-5-31(29,30)26(4)22-10-8-21(9-11-22)24(28)25-19(3)20-6-12-23(13-7-20)27-16-14-18(2)15-17-27/h6-13,18-19H,5,14-17H2,1-4H3,(H,25,28). The fourth-order valence-corrected chi connectivity index (χ4v) is 4.61. The van der Waals surface area contributed by atoms with Gasteiger partial charge in [-0.1, -0.05) is 19.1 Å². The fraction of sp³-hybridized carbons (Fsp3) is 0.458. The number of sulfonamides is 1. The lowest BCUT2D eigenvalue weighted by molar-refractivity contribution is 0.0940. The van der Waals surface area contributed by atoms with Crippen molar-refractivity contribution in [1.29, 1.82) is 0 Å². The molecule has 31 heavy (non-hydrogen) atoms. The van der Waals surface area contributed by atoms with E-state index in [-0.39, 0.29) is 17.7 Å². The molecular weight excluding hydrogens is 410 g/mol. The van der Waals surface area contributed by atoms with E-state index in [1.54, 1.807) is 31.2 Å². The lowest BCUT2D eigenvalue weighted by atomic mass is 9.98. The summed E-state index contributed by atoms with van der Waals surface area (Å²) in [5, 5.41) is 3.02. The molecule has 7 heteroatoms. The molecule has 0 aromatic heterocycles. The van der Waals surface area contributed by atoms with Crippen LogP contribution in [-0.2, 0) is 10.0 Å².